The fourth-order valence-electron chi connectivity index (χ4n) is 4.95. The molecule has 0 amide bonds. The van der Waals surface area contributed by atoms with E-state index in [0.717, 1.165) is 17.8 Å². The summed E-state index contributed by atoms with van der Waals surface area (Å²) in [4.78, 5) is 3.65. The quantitative estimate of drug-likeness (QED) is 0.749. The van der Waals surface area contributed by atoms with Gasteiger partial charge in [0, 0.05) is 11.5 Å². The highest BCUT2D eigenvalue weighted by molar-refractivity contribution is 5.21. The Morgan fingerprint density at radius 3 is 2.50 bits per heavy atom. The maximum atomic E-state index is 2.51. The van der Waals surface area contributed by atoms with E-state index in [-0.39, 0.29) is 0 Å². The number of hydrogen-bond acceptors (Lipinski definition) is 0. The topological polar surface area (TPSA) is 8.88 Å². The first-order chi connectivity index (χ1) is 10.8. The van der Waals surface area contributed by atoms with Gasteiger partial charge in [-0.15, -0.1) is 0 Å². The maximum Gasteiger partial charge on any atom is 0.127 e. The van der Waals surface area contributed by atoms with Gasteiger partial charge in [0.1, 0.15) is 32.7 Å². The first kappa shape index (κ1) is 14.5. The Labute approximate surface area is 134 Å². The smallest absolute Gasteiger partial charge is 0.127 e. The van der Waals surface area contributed by atoms with Crippen molar-refractivity contribution in [2.24, 2.45) is 17.8 Å². The largest absolute Gasteiger partial charge is 0.325 e. The highest BCUT2D eigenvalue weighted by Gasteiger charge is 2.38. The number of benzene rings is 1. The van der Waals surface area contributed by atoms with Crippen LogP contribution in [0.25, 0.3) is 0 Å². The molecule has 1 heterocycles. The van der Waals surface area contributed by atoms with E-state index in [1.165, 1.54) is 63.2 Å². The molecule has 4 rings (SSSR count). The lowest BCUT2D eigenvalue weighted by atomic mass is 9.93. The van der Waals surface area contributed by atoms with Gasteiger partial charge in [-0.2, -0.15) is 0 Å². The van der Waals surface area contributed by atoms with E-state index in [1.807, 2.05) is 4.90 Å². The lowest BCUT2D eigenvalue weighted by Crippen LogP contribution is -3.27. The Hall–Kier alpha value is -1.12. The normalized spacial score (nSPS) is 36.9. The van der Waals surface area contributed by atoms with Gasteiger partial charge in [0.2, 0.25) is 0 Å². The molecule has 118 valence electrons. The number of allylic oxidation sites excluding steroid dienone is 2. The molecule has 0 radical (unpaired) electrons. The van der Waals surface area contributed by atoms with Gasteiger partial charge in [-0.05, 0) is 31.6 Å². The zero-order chi connectivity index (χ0) is 14.9. The number of aryl methyl sites for hydroxylation is 1. The van der Waals surface area contributed by atoms with E-state index in [2.05, 4.69) is 43.3 Å². The number of nitrogens with one attached hydrogen (secondary N) is 2. The molecule has 3 aliphatic rings. The summed E-state index contributed by atoms with van der Waals surface area (Å²) in [5, 5.41) is 0. The molecule has 2 N–H and O–H groups in total. The number of fused-ring (bicyclic) bond motifs is 2. The van der Waals surface area contributed by atoms with E-state index >= 15 is 0 Å². The van der Waals surface area contributed by atoms with Crippen molar-refractivity contribution in [3.8, 4) is 0 Å². The Kier molecular flexibility index (Phi) is 4.06. The Morgan fingerprint density at radius 2 is 1.82 bits per heavy atom. The summed E-state index contributed by atoms with van der Waals surface area (Å²) < 4.78 is 0. The van der Waals surface area contributed by atoms with Crippen LogP contribution in [0.15, 0.2) is 36.4 Å². The Balaban J connectivity index is 1.25. The molecule has 1 aliphatic heterocycles. The molecule has 2 nitrogen and oxygen atoms in total. The van der Waals surface area contributed by atoms with Gasteiger partial charge in [-0.1, -0.05) is 42.0 Å². The van der Waals surface area contributed by atoms with Crippen LogP contribution in [-0.4, -0.2) is 32.7 Å². The fraction of sp³-hybridized carbons (Fsp3) is 0.600. The average molecular weight is 298 g/mol. The molecule has 1 aromatic carbocycles. The molecular weight excluding hydrogens is 268 g/mol. The van der Waals surface area contributed by atoms with Crippen LogP contribution in [0.4, 0.5) is 0 Å². The van der Waals surface area contributed by atoms with E-state index < -0.39 is 0 Å². The summed E-state index contributed by atoms with van der Waals surface area (Å²) in [5.41, 5.74) is 2.90. The first-order valence-corrected chi connectivity index (χ1v) is 9.17. The molecule has 0 spiro atoms. The minimum absolute atomic E-state index is 0.926. The third kappa shape index (κ3) is 3.13. The summed E-state index contributed by atoms with van der Waals surface area (Å²) in [6, 6.07) is 9.05. The summed E-state index contributed by atoms with van der Waals surface area (Å²) in [7, 11) is 0. The van der Waals surface area contributed by atoms with Crippen molar-refractivity contribution in [1.29, 1.82) is 0 Å². The second kappa shape index (κ2) is 6.17. The molecule has 2 fully saturated rings. The van der Waals surface area contributed by atoms with Gasteiger partial charge < -0.3 is 9.80 Å². The van der Waals surface area contributed by atoms with Crippen LogP contribution >= 0.6 is 0 Å². The van der Waals surface area contributed by atoms with Crippen LogP contribution in [-0.2, 0) is 6.54 Å². The molecule has 0 aromatic heterocycles. The second-order valence-electron chi connectivity index (χ2n) is 7.91. The molecule has 1 aromatic rings. The predicted molar refractivity (Wildman–Crippen MR) is 90.0 cm³/mol. The van der Waals surface area contributed by atoms with Crippen LogP contribution in [0.5, 0.6) is 0 Å². The van der Waals surface area contributed by atoms with Crippen molar-refractivity contribution >= 4 is 0 Å². The number of rotatable bonds is 4. The zero-order valence-electron chi connectivity index (χ0n) is 13.9. The van der Waals surface area contributed by atoms with E-state index in [9.17, 15) is 0 Å². The van der Waals surface area contributed by atoms with Crippen molar-refractivity contribution in [2.45, 2.75) is 26.3 Å². The van der Waals surface area contributed by atoms with Crippen LogP contribution < -0.4 is 9.80 Å². The minimum atomic E-state index is 0.926. The molecule has 1 saturated heterocycles. The molecule has 0 unspecified atom stereocenters. The Bertz CT molecular complexity index is 542. The van der Waals surface area contributed by atoms with Crippen molar-refractivity contribution in [3.63, 3.8) is 0 Å². The van der Waals surface area contributed by atoms with Crippen molar-refractivity contribution in [1.82, 2.24) is 0 Å². The molecule has 2 aliphatic carbocycles. The van der Waals surface area contributed by atoms with Crippen molar-refractivity contribution in [3.05, 3.63) is 47.5 Å². The monoisotopic (exact) mass is 298 g/mol. The van der Waals surface area contributed by atoms with E-state index in [4.69, 9.17) is 0 Å². The van der Waals surface area contributed by atoms with E-state index in [0.29, 0.717) is 0 Å². The SMILES string of the molecule is Cc1cccc(C[NH+]2CC[NH+](C[C@@H]3C[C@@H]4C=C[C@H]3C4)CC2)c1. The lowest BCUT2D eigenvalue weighted by Gasteiger charge is -2.32. The maximum absolute atomic E-state index is 2.51. The summed E-state index contributed by atoms with van der Waals surface area (Å²) in [5.74, 6) is 2.85. The average Bonchev–Trinajstić information content (AvgIpc) is 3.12. The van der Waals surface area contributed by atoms with Crippen LogP contribution in [0.2, 0.25) is 0 Å². The third-order valence-corrected chi connectivity index (χ3v) is 6.17. The molecule has 22 heavy (non-hydrogen) atoms. The highest BCUT2D eigenvalue weighted by Crippen LogP contribution is 2.42. The molecule has 1 saturated carbocycles. The predicted octanol–water partition coefficient (Wildman–Crippen LogP) is 0.491. The minimum Gasteiger partial charge on any atom is -0.325 e. The third-order valence-electron chi connectivity index (χ3n) is 6.17. The van der Waals surface area contributed by atoms with Crippen LogP contribution in [0.3, 0.4) is 0 Å². The number of piperazine rings is 1. The van der Waals surface area contributed by atoms with Gasteiger partial charge >= 0.3 is 0 Å². The van der Waals surface area contributed by atoms with Crippen molar-refractivity contribution < 1.29 is 9.80 Å². The highest BCUT2D eigenvalue weighted by atomic mass is 15.3. The van der Waals surface area contributed by atoms with Crippen LogP contribution in [0, 0.1) is 24.7 Å². The Morgan fingerprint density at radius 1 is 1.00 bits per heavy atom. The van der Waals surface area contributed by atoms with Crippen molar-refractivity contribution in [2.75, 3.05) is 32.7 Å². The van der Waals surface area contributed by atoms with Gasteiger partial charge in [0.05, 0.1) is 6.54 Å². The number of quaternary nitrogens is 2. The van der Waals surface area contributed by atoms with Crippen LogP contribution in [0.1, 0.15) is 24.0 Å². The van der Waals surface area contributed by atoms with Gasteiger partial charge in [-0.25, -0.2) is 0 Å². The summed E-state index contributed by atoms with van der Waals surface area (Å²) >= 11 is 0. The number of hydrogen-bond donors (Lipinski definition) is 2. The summed E-state index contributed by atoms with van der Waals surface area (Å²) in [6.07, 6.45) is 7.92. The second-order valence-corrected chi connectivity index (χ2v) is 7.91. The fourth-order valence-corrected chi connectivity index (χ4v) is 4.95. The first-order valence-electron chi connectivity index (χ1n) is 9.17. The molecule has 3 atom stereocenters. The lowest BCUT2D eigenvalue weighted by molar-refractivity contribution is -1.02. The zero-order valence-corrected chi connectivity index (χ0v) is 13.9. The summed E-state index contributed by atoms with van der Waals surface area (Å²) in [6.45, 7) is 10.3. The standard InChI is InChI=1S/C20H28N2/c1-16-3-2-4-18(11-16)14-21-7-9-22(10-8-21)15-20-13-17-5-6-19(20)12-17/h2-6,11,17,19-20H,7-10,12-15H2,1H3/p+2/t17-,19+,20+/m1/s1. The molecule has 2 bridgehead atoms. The van der Waals surface area contributed by atoms with Gasteiger partial charge in [0.15, 0.2) is 0 Å². The molecular formula is C20H30N2+2. The van der Waals surface area contributed by atoms with E-state index in [1.54, 1.807) is 4.90 Å². The molecule has 2 heteroatoms. The van der Waals surface area contributed by atoms with Gasteiger partial charge in [0.25, 0.3) is 0 Å². The van der Waals surface area contributed by atoms with Gasteiger partial charge in [-0.3, -0.25) is 0 Å².